The number of aliphatic imine (C=N–C) groups is 1. The lowest BCUT2D eigenvalue weighted by Crippen LogP contribution is -2.60. The van der Waals surface area contributed by atoms with Crippen LogP contribution in [-0.4, -0.2) is 71.0 Å². The van der Waals surface area contributed by atoms with Crippen LogP contribution >= 0.6 is 11.8 Å². The molecule has 4 N–H and O–H groups in total. The predicted molar refractivity (Wildman–Crippen MR) is 82.8 cm³/mol. The Hall–Kier alpha value is -1.03. The van der Waals surface area contributed by atoms with Crippen molar-refractivity contribution >= 4 is 23.0 Å². The summed E-state index contributed by atoms with van der Waals surface area (Å²) in [6.07, 6.45) is -2.55. The van der Waals surface area contributed by atoms with Crippen molar-refractivity contribution in [3.63, 3.8) is 0 Å². The fourth-order valence-electron chi connectivity index (χ4n) is 2.26. The van der Waals surface area contributed by atoms with Crippen LogP contribution in [0.25, 0.3) is 0 Å². The zero-order valence-electron chi connectivity index (χ0n) is 12.7. The van der Waals surface area contributed by atoms with Crippen LogP contribution in [0.15, 0.2) is 4.99 Å². The standard InChI is InChI=1S/C13H23N3O5S/c1-3-5-15-12-16-8-10(18)9(17)7(21-11(8)22-12)6-20-13(19)14-4-2/h7-11,17-18H,3-6H2,1-2H3,(H,14,19)(H,15,16)/t7-,8-,9-,10-,11-/m1/s1. The summed E-state index contributed by atoms with van der Waals surface area (Å²) in [6.45, 7) is 4.84. The Bertz CT molecular complexity index is 422. The number of alkyl carbamates (subject to hydrolysis) is 1. The van der Waals surface area contributed by atoms with E-state index in [4.69, 9.17) is 9.47 Å². The highest BCUT2D eigenvalue weighted by atomic mass is 32.2. The molecule has 2 rings (SSSR count). The van der Waals surface area contributed by atoms with Crippen LogP contribution < -0.4 is 10.6 Å². The maximum Gasteiger partial charge on any atom is 0.407 e. The van der Waals surface area contributed by atoms with Gasteiger partial charge in [0.2, 0.25) is 0 Å². The number of thioether (sulfide) groups is 1. The van der Waals surface area contributed by atoms with E-state index in [0.717, 1.165) is 6.42 Å². The maximum absolute atomic E-state index is 11.3. The zero-order chi connectivity index (χ0) is 16.1. The fourth-order valence-corrected chi connectivity index (χ4v) is 3.42. The normalized spacial score (nSPS) is 35.8. The molecule has 0 aromatic heterocycles. The first-order chi connectivity index (χ1) is 10.6. The number of hydrogen-bond acceptors (Lipinski definition) is 7. The summed E-state index contributed by atoms with van der Waals surface area (Å²) < 4.78 is 10.7. The van der Waals surface area contributed by atoms with Gasteiger partial charge in [0.15, 0.2) is 5.17 Å². The van der Waals surface area contributed by atoms with Gasteiger partial charge >= 0.3 is 6.09 Å². The summed E-state index contributed by atoms with van der Waals surface area (Å²) in [5.74, 6) is 0. The zero-order valence-corrected chi connectivity index (χ0v) is 13.5. The van der Waals surface area contributed by atoms with Crippen molar-refractivity contribution in [2.45, 2.75) is 50.1 Å². The number of carbonyl (C=O) groups excluding carboxylic acids is 1. The fraction of sp³-hybridized carbons (Fsp3) is 0.846. The van der Waals surface area contributed by atoms with Crippen molar-refractivity contribution in [1.29, 1.82) is 0 Å². The Labute approximate surface area is 133 Å². The predicted octanol–water partition coefficient (Wildman–Crippen LogP) is -0.350. The second-order valence-corrected chi connectivity index (χ2v) is 6.21. The summed E-state index contributed by atoms with van der Waals surface area (Å²) >= 11 is 1.38. The lowest BCUT2D eigenvalue weighted by atomic mass is 9.98. The highest BCUT2D eigenvalue weighted by molar-refractivity contribution is 8.14. The van der Waals surface area contributed by atoms with Crippen LogP contribution in [0, 0.1) is 0 Å². The Morgan fingerprint density at radius 2 is 2.23 bits per heavy atom. The van der Waals surface area contributed by atoms with Crippen LogP contribution in [0.4, 0.5) is 4.79 Å². The Morgan fingerprint density at radius 3 is 2.91 bits per heavy atom. The SMILES string of the molecule is CCCN=C1N[C@@H]2[C@@H](O)[C@H](O)[C@@H](COC(=O)NCC)O[C@@H]2S1. The number of nitrogens with one attached hydrogen (secondary N) is 2. The first-order valence-electron chi connectivity index (χ1n) is 7.46. The number of nitrogens with zero attached hydrogens (tertiary/aromatic N) is 1. The quantitative estimate of drug-likeness (QED) is 0.544. The molecule has 126 valence electrons. The molecule has 0 unspecified atom stereocenters. The van der Waals surface area contributed by atoms with E-state index in [0.29, 0.717) is 18.3 Å². The molecule has 5 atom stereocenters. The van der Waals surface area contributed by atoms with E-state index in [2.05, 4.69) is 15.6 Å². The average molecular weight is 333 g/mol. The molecular formula is C13H23N3O5S. The second kappa shape index (κ2) is 8.00. The van der Waals surface area contributed by atoms with Gasteiger partial charge in [-0.05, 0) is 13.3 Å². The minimum Gasteiger partial charge on any atom is -0.447 e. The van der Waals surface area contributed by atoms with Gasteiger partial charge in [0.05, 0.1) is 6.04 Å². The molecular weight excluding hydrogens is 310 g/mol. The van der Waals surface area contributed by atoms with Crippen molar-refractivity contribution in [1.82, 2.24) is 10.6 Å². The molecule has 0 aliphatic carbocycles. The molecule has 2 aliphatic heterocycles. The minimum atomic E-state index is -1.13. The first-order valence-corrected chi connectivity index (χ1v) is 8.34. The first kappa shape index (κ1) is 17.3. The van der Waals surface area contributed by atoms with Crippen molar-refractivity contribution < 1.29 is 24.5 Å². The van der Waals surface area contributed by atoms with Crippen LogP contribution in [0.2, 0.25) is 0 Å². The molecule has 0 aromatic carbocycles. The molecule has 0 aromatic rings. The van der Waals surface area contributed by atoms with Gasteiger partial charge in [-0.25, -0.2) is 4.79 Å². The Morgan fingerprint density at radius 1 is 1.45 bits per heavy atom. The van der Waals surface area contributed by atoms with Gasteiger partial charge in [-0.1, -0.05) is 18.7 Å². The summed E-state index contributed by atoms with van der Waals surface area (Å²) in [6, 6.07) is -0.420. The van der Waals surface area contributed by atoms with E-state index in [9.17, 15) is 15.0 Å². The smallest absolute Gasteiger partial charge is 0.407 e. The number of carbonyl (C=O) groups is 1. The molecule has 8 nitrogen and oxygen atoms in total. The molecule has 0 bridgehead atoms. The summed E-state index contributed by atoms with van der Waals surface area (Å²) in [5, 5.41) is 26.6. The largest absolute Gasteiger partial charge is 0.447 e. The summed E-state index contributed by atoms with van der Waals surface area (Å²) in [5.41, 5.74) is -0.364. The van der Waals surface area contributed by atoms with Crippen molar-refractivity contribution in [2.24, 2.45) is 4.99 Å². The van der Waals surface area contributed by atoms with Crippen molar-refractivity contribution in [3.05, 3.63) is 0 Å². The van der Waals surface area contributed by atoms with Gasteiger partial charge in [0.25, 0.3) is 0 Å². The van der Waals surface area contributed by atoms with E-state index < -0.39 is 30.4 Å². The molecule has 2 fully saturated rings. The number of hydrogen-bond donors (Lipinski definition) is 4. The molecule has 2 saturated heterocycles. The second-order valence-electron chi connectivity index (χ2n) is 5.13. The molecule has 0 radical (unpaired) electrons. The van der Waals surface area contributed by atoms with Crippen LogP contribution in [0.3, 0.4) is 0 Å². The van der Waals surface area contributed by atoms with Gasteiger partial charge in [-0.2, -0.15) is 0 Å². The number of rotatable bonds is 5. The van der Waals surface area contributed by atoms with Crippen LogP contribution in [-0.2, 0) is 9.47 Å². The van der Waals surface area contributed by atoms with Gasteiger partial charge < -0.3 is 30.3 Å². The minimum absolute atomic E-state index is 0.116. The van der Waals surface area contributed by atoms with E-state index in [1.807, 2.05) is 6.92 Å². The molecule has 2 heterocycles. The topological polar surface area (TPSA) is 112 Å². The third kappa shape index (κ3) is 4.03. The van der Waals surface area contributed by atoms with Crippen LogP contribution in [0.1, 0.15) is 20.3 Å². The number of ether oxygens (including phenoxy) is 2. The van der Waals surface area contributed by atoms with E-state index in [-0.39, 0.29) is 12.0 Å². The lowest BCUT2D eigenvalue weighted by molar-refractivity contribution is -0.167. The Kier molecular flexibility index (Phi) is 6.30. The Balaban J connectivity index is 1.92. The van der Waals surface area contributed by atoms with E-state index >= 15 is 0 Å². The molecule has 0 spiro atoms. The van der Waals surface area contributed by atoms with Crippen LogP contribution in [0.5, 0.6) is 0 Å². The van der Waals surface area contributed by atoms with E-state index in [1.54, 1.807) is 6.92 Å². The number of aliphatic hydroxyl groups is 2. The van der Waals surface area contributed by atoms with Crippen molar-refractivity contribution in [2.75, 3.05) is 19.7 Å². The monoisotopic (exact) mass is 333 g/mol. The number of fused-ring (bicyclic) bond motifs is 1. The third-order valence-electron chi connectivity index (χ3n) is 3.40. The maximum atomic E-state index is 11.3. The number of aliphatic hydroxyl groups excluding tert-OH is 2. The molecule has 0 saturated carbocycles. The number of amidine groups is 1. The number of amides is 1. The van der Waals surface area contributed by atoms with Gasteiger partial charge in [-0.3, -0.25) is 4.99 Å². The summed E-state index contributed by atoms with van der Waals surface area (Å²) in [4.78, 5) is 15.7. The lowest BCUT2D eigenvalue weighted by Gasteiger charge is -2.38. The van der Waals surface area contributed by atoms with Crippen molar-refractivity contribution in [3.8, 4) is 0 Å². The molecule has 1 amide bonds. The van der Waals surface area contributed by atoms with E-state index in [1.165, 1.54) is 11.8 Å². The van der Waals surface area contributed by atoms with Gasteiger partial charge in [0, 0.05) is 13.1 Å². The highest BCUT2D eigenvalue weighted by Gasteiger charge is 2.49. The third-order valence-corrected chi connectivity index (χ3v) is 4.50. The molecule has 22 heavy (non-hydrogen) atoms. The van der Waals surface area contributed by atoms with Gasteiger partial charge in [0.1, 0.15) is 30.4 Å². The highest BCUT2D eigenvalue weighted by Crippen LogP contribution is 2.34. The van der Waals surface area contributed by atoms with Gasteiger partial charge in [-0.15, -0.1) is 0 Å². The molecule has 9 heteroatoms. The average Bonchev–Trinajstić information content (AvgIpc) is 2.91. The summed E-state index contributed by atoms with van der Waals surface area (Å²) in [7, 11) is 0. The molecule has 2 aliphatic rings.